The van der Waals surface area contributed by atoms with Crippen LogP contribution in [0.5, 0.6) is 5.88 Å². The van der Waals surface area contributed by atoms with Crippen molar-refractivity contribution in [2.24, 2.45) is 0 Å². The topological polar surface area (TPSA) is 57.7 Å². The summed E-state index contributed by atoms with van der Waals surface area (Å²) in [7, 11) is 0. The van der Waals surface area contributed by atoms with Gasteiger partial charge in [0.15, 0.2) is 11.8 Å². The van der Waals surface area contributed by atoms with Gasteiger partial charge in [-0.15, -0.1) is 0 Å². The number of halogens is 3. The van der Waals surface area contributed by atoms with Crippen LogP contribution in [-0.2, 0) is 14.3 Å². The molecule has 5 nitrogen and oxygen atoms in total. The number of rotatable bonds is 10. The molecule has 0 unspecified atom stereocenters. The number of hydrogen-bond acceptors (Lipinski definition) is 5. The van der Waals surface area contributed by atoms with Gasteiger partial charge in [0.25, 0.3) is 0 Å². The minimum atomic E-state index is -0.516. The number of esters is 1. The molecule has 0 saturated heterocycles. The number of unbranched alkanes of at least 4 members (excludes halogenated alkanes) is 1. The van der Waals surface area contributed by atoms with E-state index in [9.17, 15) is 4.79 Å². The first-order chi connectivity index (χ1) is 10.5. The molecule has 0 radical (unpaired) electrons. The van der Waals surface area contributed by atoms with Gasteiger partial charge in [-0.2, -0.15) is 4.98 Å². The van der Waals surface area contributed by atoms with Crippen molar-refractivity contribution in [1.29, 1.82) is 0 Å². The van der Waals surface area contributed by atoms with Crippen LogP contribution in [0.1, 0.15) is 26.2 Å². The van der Waals surface area contributed by atoms with Gasteiger partial charge in [-0.05, 0) is 12.5 Å². The zero-order valence-corrected chi connectivity index (χ0v) is 14.5. The number of carbonyl (C=O) groups excluding carboxylic acids is 1. The highest BCUT2D eigenvalue weighted by Gasteiger charge is 2.11. The quantitative estimate of drug-likeness (QED) is 0.351. The Bertz CT molecular complexity index is 485. The second kappa shape index (κ2) is 10.9. The normalized spacial score (nSPS) is 10.5. The van der Waals surface area contributed by atoms with Crippen LogP contribution in [-0.4, -0.2) is 37.4 Å². The van der Waals surface area contributed by atoms with Crippen LogP contribution in [0, 0.1) is 0 Å². The molecule has 0 atom stereocenters. The van der Waals surface area contributed by atoms with Crippen molar-refractivity contribution in [3.8, 4) is 5.88 Å². The third-order valence-corrected chi connectivity index (χ3v) is 3.46. The van der Waals surface area contributed by atoms with Crippen molar-refractivity contribution < 1.29 is 19.0 Å². The van der Waals surface area contributed by atoms with Crippen molar-refractivity contribution in [1.82, 2.24) is 4.98 Å². The van der Waals surface area contributed by atoms with Crippen molar-refractivity contribution >= 4 is 40.8 Å². The van der Waals surface area contributed by atoms with E-state index in [1.807, 2.05) is 0 Å². The largest absolute Gasteiger partial charge is 0.465 e. The highest BCUT2D eigenvalue weighted by atomic mass is 35.5. The van der Waals surface area contributed by atoms with Crippen LogP contribution in [0.3, 0.4) is 0 Å². The van der Waals surface area contributed by atoms with Gasteiger partial charge in [0.1, 0.15) is 5.02 Å². The summed E-state index contributed by atoms with van der Waals surface area (Å²) in [4.78, 5) is 15.3. The van der Waals surface area contributed by atoms with Crippen LogP contribution < -0.4 is 4.74 Å². The number of nitrogens with zero attached hydrogens (tertiary/aromatic N) is 1. The Kier molecular flexibility index (Phi) is 9.55. The summed E-state index contributed by atoms with van der Waals surface area (Å²) in [5.41, 5.74) is 0. The van der Waals surface area contributed by atoms with Crippen molar-refractivity contribution in [3.05, 3.63) is 21.3 Å². The maximum Gasteiger partial charge on any atom is 0.344 e. The number of carbonyl (C=O) groups is 1. The van der Waals surface area contributed by atoms with Gasteiger partial charge in [0, 0.05) is 19.6 Å². The number of hydrogen-bond donors (Lipinski definition) is 0. The molecule has 1 aromatic rings. The molecule has 1 heterocycles. The minimum Gasteiger partial charge on any atom is -0.465 e. The SMILES string of the molecule is CCCCOCCCOC(=O)COc1nc(Cl)c(Cl)cc1Cl. The first-order valence-corrected chi connectivity index (χ1v) is 8.05. The molecule has 0 amide bonds. The monoisotopic (exact) mass is 369 g/mol. The first kappa shape index (κ1) is 19.3. The third-order valence-electron chi connectivity index (χ3n) is 2.52. The molecule has 0 N–H and O–H groups in total. The Balaban J connectivity index is 2.19. The predicted molar refractivity (Wildman–Crippen MR) is 86.1 cm³/mol. The third kappa shape index (κ3) is 7.49. The van der Waals surface area contributed by atoms with Gasteiger partial charge in [0.05, 0.1) is 11.6 Å². The summed E-state index contributed by atoms with van der Waals surface area (Å²) in [6, 6.07) is 1.40. The van der Waals surface area contributed by atoms with E-state index in [1.165, 1.54) is 6.07 Å². The molecule has 124 valence electrons. The Morgan fingerprint density at radius 2 is 1.86 bits per heavy atom. The standard InChI is InChI=1S/C14H18Cl3NO4/c1-2-3-5-20-6-4-7-21-12(19)9-22-14-11(16)8-10(15)13(17)18-14/h8H,2-7,9H2,1H3. The van der Waals surface area contributed by atoms with E-state index < -0.39 is 5.97 Å². The van der Waals surface area contributed by atoms with Gasteiger partial charge in [-0.3, -0.25) is 0 Å². The van der Waals surface area contributed by atoms with Gasteiger partial charge in [0.2, 0.25) is 5.88 Å². The lowest BCUT2D eigenvalue weighted by molar-refractivity contribution is -0.146. The summed E-state index contributed by atoms with van der Waals surface area (Å²) in [5.74, 6) is -0.478. The molecular formula is C14H18Cl3NO4. The highest BCUT2D eigenvalue weighted by Crippen LogP contribution is 2.30. The molecule has 0 aromatic carbocycles. The second-order valence-electron chi connectivity index (χ2n) is 4.38. The maximum atomic E-state index is 11.5. The summed E-state index contributed by atoms with van der Waals surface area (Å²) in [5, 5.41) is 0.440. The van der Waals surface area contributed by atoms with Crippen LogP contribution in [0.25, 0.3) is 0 Å². The summed E-state index contributed by atoms with van der Waals surface area (Å²) < 4.78 is 15.5. The summed E-state index contributed by atoms with van der Waals surface area (Å²) in [6.07, 6.45) is 2.77. The number of pyridine rings is 1. The maximum absolute atomic E-state index is 11.5. The fraction of sp³-hybridized carbons (Fsp3) is 0.571. The van der Waals surface area contributed by atoms with Crippen molar-refractivity contribution in [2.45, 2.75) is 26.2 Å². The van der Waals surface area contributed by atoms with Gasteiger partial charge < -0.3 is 14.2 Å². The molecule has 0 aliphatic carbocycles. The summed E-state index contributed by atoms with van der Waals surface area (Å²) >= 11 is 17.4. The molecule has 0 aliphatic rings. The summed E-state index contributed by atoms with van der Waals surface area (Å²) in [6.45, 7) is 3.36. The fourth-order valence-electron chi connectivity index (χ4n) is 1.39. The van der Waals surface area contributed by atoms with E-state index >= 15 is 0 Å². The number of aromatic nitrogens is 1. The Labute approximate surface area is 144 Å². The minimum absolute atomic E-state index is 0.0379. The lowest BCUT2D eigenvalue weighted by atomic mass is 10.4. The Morgan fingerprint density at radius 1 is 1.14 bits per heavy atom. The average Bonchev–Trinajstić information content (AvgIpc) is 2.48. The molecule has 1 aromatic heterocycles. The Hall–Kier alpha value is -0.750. The van der Waals surface area contributed by atoms with Gasteiger partial charge in [-0.1, -0.05) is 48.1 Å². The van der Waals surface area contributed by atoms with E-state index in [0.717, 1.165) is 19.4 Å². The van der Waals surface area contributed by atoms with E-state index in [-0.39, 0.29) is 34.3 Å². The van der Waals surface area contributed by atoms with Gasteiger partial charge in [-0.25, -0.2) is 4.79 Å². The molecule has 0 fully saturated rings. The first-order valence-electron chi connectivity index (χ1n) is 6.92. The average molecular weight is 371 g/mol. The number of ether oxygens (including phenoxy) is 3. The molecule has 22 heavy (non-hydrogen) atoms. The smallest absolute Gasteiger partial charge is 0.344 e. The zero-order chi connectivity index (χ0) is 16.4. The molecule has 0 saturated carbocycles. The molecule has 0 aliphatic heterocycles. The van der Waals surface area contributed by atoms with E-state index in [0.29, 0.717) is 13.0 Å². The highest BCUT2D eigenvalue weighted by molar-refractivity contribution is 6.42. The molecule has 0 bridgehead atoms. The zero-order valence-electron chi connectivity index (χ0n) is 12.2. The van der Waals surface area contributed by atoms with E-state index in [4.69, 9.17) is 49.0 Å². The molecular weight excluding hydrogens is 353 g/mol. The lowest BCUT2D eigenvalue weighted by Gasteiger charge is -2.08. The fourth-order valence-corrected chi connectivity index (χ4v) is 1.94. The van der Waals surface area contributed by atoms with E-state index in [2.05, 4.69) is 11.9 Å². The van der Waals surface area contributed by atoms with Crippen LogP contribution in [0.15, 0.2) is 6.07 Å². The Morgan fingerprint density at radius 3 is 2.59 bits per heavy atom. The van der Waals surface area contributed by atoms with Crippen LogP contribution >= 0.6 is 34.8 Å². The molecule has 8 heteroatoms. The molecule has 1 rings (SSSR count). The van der Waals surface area contributed by atoms with E-state index in [1.54, 1.807) is 0 Å². The second-order valence-corrected chi connectivity index (χ2v) is 5.55. The van der Waals surface area contributed by atoms with Crippen LogP contribution in [0.2, 0.25) is 15.2 Å². The molecule has 0 spiro atoms. The predicted octanol–water partition coefficient (Wildman–Crippen LogP) is 4.17. The lowest BCUT2D eigenvalue weighted by Crippen LogP contribution is -2.17. The van der Waals surface area contributed by atoms with Crippen LogP contribution in [0.4, 0.5) is 0 Å². The van der Waals surface area contributed by atoms with Crippen molar-refractivity contribution in [2.75, 3.05) is 26.4 Å². The van der Waals surface area contributed by atoms with Gasteiger partial charge >= 0.3 is 5.97 Å². The van der Waals surface area contributed by atoms with Crippen molar-refractivity contribution in [3.63, 3.8) is 0 Å².